The monoisotopic (exact) mass is 260 g/mol. The normalized spacial score (nSPS) is 19.7. The summed E-state index contributed by atoms with van der Waals surface area (Å²) in [4.78, 5) is 0. The van der Waals surface area contributed by atoms with Gasteiger partial charge in [-0.1, -0.05) is 29.3 Å². The highest BCUT2D eigenvalue weighted by Gasteiger charge is 2.24. The molecule has 0 saturated carbocycles. The van der Waals surface area contributed by atoms with E-state index >= 15 is 0 Å². The summed E-state index contributed by atoms with van der Waals surface area (Å²) in [5.74, 6) is 0.229. The summed E-state index contributed by atoms with van der Waals surface area (Å²) < 4.78 is 5.27. The van der Waals surface area contributed by atoms with Crippen LogP contribution in [0.4, 0.5) is 0 Å². The number of hydrogen-bond donors (Lipinski definition) is 1. The average molecular weight is 261 g/mol. The number of ether oxygens (including phenoxy) is 1. The van der Waals surface area contributed by atoms with Crippen LogP contribution in [0.15, 0.2) is 18.2 Å². The van der Waals surface area contributed by atoms with Crippen LogP contribution in [0.2, 0.25) is 10.0 Å². The van der Waals surface area contributed by atoms with Gasteiger partial charge in [0.2, 0.25) is 0 Å². The van der Waals surface area contributed by atoms with Gasteiger partial charge in [-0.25, -0.2) is 0 Å². The largest absolute Gasteiger partial charge is 0.388 e. The minimum Gasteiger partial charge on any atom is -0.388 e. The maximum absolute atomic E-state index is 10.2. The second-order valence-electron chi connectivity index (χ2n) is 4.06. The number of rotatable bonds is 2. The first-order valence-electron chi connectivity index (χ1n) is 5.39. The van der Waals surface area contributed by atoms with Crippen LogP contribution in [0.1, 0.15) is 24.5 Å². The van der Waals surface area contributed by atoms with Crippen molar-refractivity contribution in [3.05, 3.63) is 33.8 Å². The first-order chi connectivity index (χ1) is 7.68. The zero-order chi connectivity index (χ0) is 11.5. The van der Waals surface area contributed by atoms with Crippen LogP contribution in [0, 0.1) is 5.92 Å². The zero-order valence-electron chi connectivity index (χ0n) is 8.83. The van der Waals surface area contributed by atoms with Crippen LogP contribution in [0.3, 0.4) is 0 Å². The highest BCUT2D eigenvalue weighted by atomic mass is 35.5. The summed E-state index contributed by atoms with van der Waals surface area (Å²) in [7, 11) is 0. The molecule has 2 rings (SSSR count). The summed E-state index contributed by atoms with van der Waals surface area (Å²) in [6, 6.07) is 5.22. The molecular weight excluding hydrogens is 247 g/mol. The van der Waals surface area contributed by atoms with E-state index in [1.54, 1.807) is 18.2 Å². The number of benzene rings is 1. The number of halogens is 2. The Morgan fingerprint density at radius 1 is 1.25 bits per heavy atom. The lowest BCUT2D eigenvalue weighted by Gasteiger charge is -2.27. The molecule has 0 amide bonds. The molecule has 1 atom stereocenters. The molecule has 1 N–H and O–H groups in total. The van der Waals surface area contributed by atoms with Crippen molar-refractivity contribution in [1.29, 1.82) is 0 Å². The van der Waals surface area contributed by atoms with E-state index in [9.17, 15) is 5.11 Å². The van der Waals surface area contributed by atoms with Gasteiger partial charge in [-0.15, -0.1) is 0 Å². The third-order valence-corrected chi connectivity index (χ3v) is 3.56. The second kappa shape index (κ2) is 5.37. The van der Waals surface area contributed by atoms with Gasteiger partial charge < -0.3 is 9.84 Å². The van der Waals surface area contributed by atoms with E-state index in [2.05, 4.69) is 0 Å². The molecule has 0 aliphatic carbocycles. The molecule has 1 aromatic carbocycles. The molecule has 1 unspecified atom stereocenters. The first-order valence-corrected chi connectivity index (χ1v) is 6.15. The van der Waals surface area contributed by atoms with Crippen LogP contribution < -0.4 is 0 Å². The Labute approximate surface area is 105 Å². The van der Waals surface area contributed by atoms with Crippen LogP contribution in [-0.4, -0.2) is 18.3 Å². The van der Waals surface area contributed by atoms with Crippen molar-refractivity contribution in [2.75, 3.05) is 13.2 Å². The number of aliphatic hydroxyl groups is 1. The molecular formula is C12H14Cl2O2. The molecule has 1 fully saturated rings. The van der Waals surface area contributed by atoms with Crippen molar-refractivity contribution in [2.45, 2.75) is 18.9 Å². The molecule has 1 aliphatic rings. The SMILES string of the molecule is OC(c1ccc(Cl)cc1Cl)C1CCOCC1. The van der Waals surface area contributed by atoms with E-state index in [1.165, 1.54) is 0 Å². The predicted octanol–water partition coefficient (Wildman–Crippen LogP) is 3.45. The third-order valence-electron chi connectivity index (χ3n) is 2.99. The van der Waals surface area contributed by atoms with Gasteiger partial charge in [-0.05, 0) is 36.5 Å². The Bertz CT molecular complexity index is 362. The topological polar surface area (TPSA) is 29.5 Å². The Kier molecular flexibility index (Phi) is 4.09. The van der Waals surface area contributed by atoms with Gasteiger partial charge in [-0.2, -0.15) is 0 Å². The molecule has 4 heteroatoms. The van der Waals surface area contributed by atoms with Crippen LogP contribution >= 0.6 is 23.2 Å². The fourth-order valence-corrected chi connectivity index (χ4v) is 2.55. The molecule has 2 nitrogen and oxygen atoms in total. The van der Waals surface area contributed by atoms with Crippen molar-refractivity contribution < 1.29 is 9.84 Å². The van der Waals surface area contributed by atoms with Crippen molar-refractivity contribution in [1.82, 2.24) is 0 Å². The van der Waals surface area contributed by atoms with E-state index in [0.717, 1.165) is 18.4 Å². The molecule has 0 bridgehead atoms. The summed E-state index contributed by atoms with van der Waals surface area (Å²) in [5, 5.41) is 11.4. The Balaban J connectivity index is 2.15. The van der Waals surface area contributed by atoms with Gasteiger partial charge in [0.15, 0.2) is 0 Å². The number of aliphatic hydroxyl groups excluding tert-OH is 1. The Hall–Kier alpha value is -0.280. The molecule has 1 saturated heterocycles. The fraction of sp³-hybridized carbons (Fsp3) is 0.500. The third kappa shape index (κ3) is 2.69. The quantitative estimate of drug-likeness (QED) is 0.883. The van der Waals surface area contributed by atoms with Crippen molar-refractivity contribution >= 4 is 23.2 Å². The summed E-state index contributed by atoms with van der Waals surface area (Å²) in [6.45, 7) is 1.43. The summed E-state index contributed by atoms with van der Waals surface area (Å²) >= 11 is 11.9. The minimum atomic E-state index is -0.520. The van der Waals surface area contributed by atoms with Crippen molar-refractivity contribution in [3.63, 3.8) is 0 Å². The highest BCUT2D eigenvalue weighted by molar-refractivity contribution is 6.35. The lowest BCUT2D eigenvalue weighted by Crippen LogP contribution is -2.22. The zero-order valence-corrected chi connectivity index (χ0v) is 10.3. The van der Waals surface area contributed by atoms with E-state index in [1.807, 2.05) is 0 Å². The van der Waals surface area contributed by atoms with Gasteiger partial charge in [0.05, 0.1) is 6.10 Å². The van der Waals surface area contributed by atoms with E-state index in [-0.39, 0.29) is 5.92 Å². The highest BCUT2D eigenvalue weighted by Crippen LogP contribution is 2.34. The summed E-state index contributed by atoms with van der Waals surface area (Å²) in [5.41, 5.74) is 0.762. The maximum atomic E-state index is 10.2. The Morgan fingerprint density at radius 2 is 1.94 bits per heavy atom. The standard InChI is InChI=1S/C12H14Cl2O2/c13-9-1-2-10(11(14)7-9)12(15)8-3-5-16-6-4-8/h1-2,7-8,12,15H,3-6H2. The maximum Gasteiger partial charge on any atom is 0.0834 e. The van der Waals surface area contributed by atoms with Crippen molar-refractivity contribution in [3.8, 4) is 0 Å². The van der Waals surface area contributed by atoms with Crippen LogP contribution in [0.25, 0.3) is 0 Å². The van der Waals surface area contributed by atoms with E-state index in [4.69, 9.17) is 27.9 Å². The van der Waals surface area contributed by atoms with E-state index in [0.29, 0.717) is 23.3 Å². The molecule has 0 spiro atoms. The molecule has 1 aromatic rings. The molecule has 1 heterocycles. The van der Waals surface area contributed by atoms with Crippen LogP contribution in [-0.2, 0) is 4.74 Å². The molecule has 16 heavy (non-hydrogen) atoms. The lowest BCUT2D eigenvalue weighted by atomic mass is 9.89. The lowest BCUT2D eigenvalue weighted by molar-refractivity contribution is 0.00722. The molecule has 0 radical (unpaired) electrons. The fourth-order valence-electron chi connectivity index (χ4n) is 2.03. The molecule has 0 aromatic heterocycles. The molecule has 1 aliphatic heterocycles. The van der Waals surface area contributed by atoms with Gasteiger partial charge in [0.25, 0.3) is 0 Å². The smallest absolute Gasteiger partial charge is 0.0834 e. The van der Waals surface area contributed by atoms with Gasteiger partial charge >= 0.3 is 0 Å². The Morgan fingerprint density at radius 3 is 2.56 bits per heavy atom. The van der Waals surface area contributed by atoms with Gasteiger partial charge in [0, 0.05) is 23.3 Å². The van der Waals surface area contributed by atoms with E-state index < -0.39 is 6.10 Å². The molecule has 88 valence electrons. The summed E-state index contributed by atoms with van der Waals surface area (Å²) in [6.07, 6.45) is 1.23. The second-order valence-corrected chi connectivity index (χ2v) is 4.90. The predicted molar refractivity (Wildman–Crippen MR) is 65.0 cm³/mol. The van der Waals surface area contributed by atoms with Crippen molar-refractivity contribution in [2.24, 2.45) is 5.92 Å². The van der Waals surface area contributed by atoms with Crippen LogP contribution in [0.5, 0.6) is 0 Å². The number of hydrogen-bond acceptors (Lipinski definition) is 2. The average Bonchev–Trinajstić information content (AvgIpc) is 2.29. The van der Waals surface area contributed by atoms with Gasteiger partial charge in [-0.3, -0.25) is 0 Å². The first kappa shape index (κ1) is 12.2. The minimum absolute atomic E-state index is 0.229. The van der Waals surface area contributed by atoms with Gasteiger partial charge in [0.1, 0.15) is 0 Å².